The van der Waals surface area contributed by atoms with Crippen LogP contribution in [0.5, 0.6) is 5.75 Å². The van der Waals surface area contributed by atoms with Crippen LogP contribution in [0.4, 0.5) is 0 Å². The van der Waals surface area contributed by atoms with Gasteiger partial charge in [0.15, 0.2) is 0 Å². The molecule has 0 atom stereocenters. The molecule has 90 valence electrons. The molecule has 0 aliphatic carbocycles. The van der Waals surface area contributed by atoms with Gasteiger partial charge < -0.3 is 9.84 Å². The van der Waals surface area contributed by atoms with E-state index in [1.807, 2.05) is 12.1 Å². The predicted molar refractivity (Wildman–Crippen MR) is 63.7 cm³/mol. The fraction of sp³-hybridized carbons (Fsp3) is 0.462. The molecule has 2 rings (SSSR count). The van der Waals surface area contributed by atoms with Crippen molar-refractivity contribution in [2.45, 2.75) is 0 Å². The minimum atomic E-state index is 0.285. The summed E-state index contributed by atoms with van der Waals surface area (Å²) in [6, 6.07) is 9.19. The van der Waals surface area contributed by atoms with E-state index >= 15 is 0 Å². The van der Waals surface area contributed by atoms with Crippen molar-refractivity contribution in [3.63, 3.8) is 0 Å². The van der Waals surface area contributed by atoms with Crippen LogP contribution in [0.25, 0.3) is 0 Å². The lowest BCUT2D eigenvalue weighted by Gasteiger charge is -2.37. The summed E-state index contributed by atoms with van der Waals surface area (Å²) >= 11 is 0. The molecule has 1 N–H and O–H groups in total. The van der Waals surface area contributed by atoms with Crippen molar-refractivity contribution in [2.75, 3.05) is 32.8 Å². The zero-order valence-electron chi connectivity index (χ0n) is 9.67. The maximum atomic E-state index is 8.87. The van der Waals surface area contributed by atoms with Gasteiger partial charge in [-0.25, -0.2) is 0 Å². The average molecular weight is 232 g/mol. The second-order valence-electron chi connectivity index (χ2n) is 4.29. The number of aliphatic hydroxyl groups excluding tert-OH is 1. The number of aliphatic hydroxyl groups is 1. The van der Waals surface area contributed by atoms with Gasteiger partial charge in [-0.05, 0) is 24.3 Å². The summed E-state index contributed by atoms with van der Waals surface area (Å²) in [7, 11) is 0. The van der Waals surface area contributed by atoms with Crippen LogP contribution in [0.2, 0.25) is 0 Å². The van der Waals surface area contributed by atoms with Gasteiger partial charge in [-0.15, -0.1) is 0 Å². The van der Waals surface area contributed by atoms with E-state index in [1.54, 1.807) is 12.1 Å². The second kappa shape index (κ2) is 5.67. The van der Waals surface area contributed by atoms with E-state index in [1.165, 1.54) is 0 Å². The van der Waals surface area contributed by atoms with E-state index in [0.717, 1.165) is 25.4 Å². The molecule has 4 nitrogen and oxygen atoms in total. The molecule has 0 unspecified atom stereocenters. The van der Waals surface area contributed by atoms with Crippen molar-refractivity contribution in [3.8, 4) is 11.8 Å². The number of benzene rings is 1. The Morgan fingerprint density at radius 3 is 2.65 bits per heavy atom. The lowest BCUT2D eigenvalue weighted by atomic mass is 10.0. The molecule has 4 heteroatoms. The highest BCUT2D eigenvalue weighted by atomic mass is 16.5. The summed E-state index contributed by atoms with van der Waals surface area (Å²) in [5.74, 6) is 1.24. The van der Waals surface area contributed by atoms with Gasteiger partial charge in [0.2, 0.25) is 0 Å². The molecule has 1 heterocycles. The molecule has 1 aromatic carbocycles. The van der Waals surface area contributed by atoms with Crippen molar-refractivity contribution in [1.29, 1.82) is 5.26 Å². The van der Waals surface area contributed by atoms with Crippen LogP contribution in [-0.2, 0) is 0 Å². The Labute approximate surface area is 101 Å². The topological polar surface area (TPSA) is 56.5 Å². The van der Waals surface area contributed by atoms with E-state index < -0.39 is 0 Å². The first-order chi connectivity index (χ1) is 8.31. The van der Waals surface area contributed by atoms with Gasteiger partial charge in [-0.2, -0.15) is 5.26 Å². The van der Waals surface area contributed by atoms with E-state index in [4.69, 9.17) is 15.1 Å². The van der Waals surface area contributed by atoms with Crippen molar-refractivity contribution in [2.24, 2.45) is 5.92 Å². The van der Waals surface area contributed by atoms with Gasteiger partial charge in [-0.3, -0.25) is 4.90 Å². The molecular formula is C13H16N2O2. The summed E-state index contributed by atoms with van der Waals surface area (Å²) < 4.78 is 5.57. The normalized spacial score (nSPS) is 16.2. The van der Waals surface area contributed by atoms with Crippen molar-refractivity contribution in [1.82, 2.24) is 4.90 Å². The molecule has 0 aromatic heterocycles. The van der Waals surface area contributed by atoms with Gasteiger partial charge in [0.1, 0.15) is 12.4 Å². The van der Waals surface area contributed by atoms with Crippen molar-refractivity contribution >= 4 is 0 Å². The van der Waals surface area contributed by atoms with E-state index in [2.05, 4.69) is 11.0 Å². The highest BCUT2D eigenvalue weighted by molar-refractivity contribution is 5.34. The number of hydrogen-bond acceptors (Lipinski definition) is 4. The third kappa shape index (κ3) is 3.19. The van der Waals surface area contributed by atoms with Crippen LogP contribution < -0.4 is 4.74 Å². The molecule has 1 aliphatic heterocycles. The molecule has 17 heavy (non-hydrogen) atoms. The molecule has 0 spiro atoms. The van der Waals surface area contributed by atoms with E-state index in [0.29, 0.717) is 18.1 Å². The van der Waals surface area contributed by atoms with Crippen LogP contribution in [0.15, 0.2) is 24.3 Å². The van der Waals surface area contributed by atoms with Crippen LogP contribution in [0.3, 0.4) is 0 Å². The van der Waals surface area contributed by atoms with Gasteiger partial charge in [0.25, 0.3) is 0 Å². The zero-order chi connectivity index (χ0) is 12.1. The van der Waals surface area contributed by atoms with Crippen LogP contribution in [0, 0.1) is 17.2 Å². The first-order valence-corrected chi connectivity index (χ1v) is 5.78. The fourth-order valence-electron chi connectivity index (χ4n) is 1.89. The first-order valence-electron chi connectivity index (χ1n) is 5.78. The maximum absolute atomic E-state index is 8.87. The molecule has 0 saturated carbocycles. The number of rotatable bonds is 5. The molecule has 1 aliphatic rings. The Kier molecular flexibility index (Phi) is 3.97. The monoisotopic (exact) mass is 232 g/mol. The summed E-state index contributed by atoms with van der Waals surface area (Å²) in [5.41, 5.74) is 0.644. The van der Waals surface area contributed by atoms with Gasteiger partial charge in [0.05, 0.1) is 11.6 Å². The Morgan fingerprint density at radius 2 is 2.06 bits per heavy atom. The number of nitrogens with zero attached hydrogens (tertiary/aromatic N) is 2. The number of nitriles is 1. The summed E-state index contributed by atoms with van der Waals surface area (Å²) in [6.45, 7) is 3.74. The summed E-state index contributed by atoms with van der Waals surface area (Å²) in [6.07, 6.45) is 0. The average Bonchev–Trinajstić information content (AvgIpc) is 2.33. The van der Waals surface area contributed by atoms with Crippen LogP contribution in [-0.4, -0.2) is 42.9 Å². The molecule has 0 amide bonds. The van der Waals surface area contributed by atoms with Gasteiger partial charge >= 0.3 is 0 Å². The maximum Gasteiger partial charge on any atom is 0.119 e. The van der Waals surface area contributed by atoms with Crippen LogP contribution in [0.1, 0.15) is 5.56 Å². The third-order valence-corrected chi connectivity index (χ3v) is 2.95. The quantitative estimate of drug-likeness (QED) is 0.818. The molecule has 1 fully saturated rings. The predicted octanol–water partition coefficient (Wildman–Crippen LogP) is 0.861. The molecule has 1 saturated heterocycles. The summed E-state index contributed by atoms with van der Waals surface area (Å²) in [5, 5.41) is 17.5. The Bertz CT molecular complexity index is 391. The second-order valence-corrected chi connectivity index (χ2v) is 4.29. The molecule has 1 aromatic rings. The molecular weight excluding hydrogens is 216 g/mol. The zero-order valence-corrected chi connectivity index (χ0v) is 9.67. The largest absolute Gasteiger partial charge is 0.492 e. The lowest BCUT2D eigenvalue weighted by Crippen LogP contribution is -2.49. The van der Waals surface area contributed by atoms with Crippen LogP contribution >= 0.6 is 0 Å². The third-order valence-electron chi connectivity index (χ3n) is 2.95. The molecule has 0 bridgehead atoms. The number of hydrogen-bond donors (Lipinski definition) is 1. The minimum absolute atomic E-state index is 0.285. The SMILES string of the molecule is N#Cc1ccc(OCCN2CC(CO)C2)cc1. The van der Waals surface area contributed by atoms with Gasteiger partial charge in [-0.1, -0.05) is 0 Å². The number of likely N-dealkylation sites (tertiary alicyclic amines) is 1. The van der Waals surface area contributed by atoms with Crippen molar-refractivity contribution in [3.05, 3.63) is 29.8 Å². The Balaban J connectivity index is 1.67. The lowest BCUT2D eigenvalue weighted by molar-refractivity contribution is 0.0439. The van der Waals surface area contributed by atoms with E-state index in [-0.39, 0.29) is 6.61 Å². The standard InChI is InChI=1S/C13H16N2O2/c14-7-11-1-3-13(4-2-11)17-6-5-15-8-12(9-15)10-16/h1-4,12,16H,5-6,8-10H2. The minimum Gasteiger partial charge on any atom is -0.492 e. The Hall–Kier alpha value is -1.57. The smallest absolute Gasteiger partial charge is 0.119 e. The molecule has 0 radical (unpaired) electrons. The number of ether oxygens (including phenoxy) is 1. The highest BCUT2D eigenvalue weighted by Gasteiger charge is 2.24. The highest BCUT2D eigenvalue weighted by Crippen LogP contribution is 2.15. The van der Waals surface area contributed by atoms with Gasteiger partial charge in [0, 0.05) is 32.2 Å². The summed E-state index contributed by atoms with van der Waals surface area (Å²) in [4.78, 5) is 2.25. The van der Waals surface area contributed by atoms with Crippen molar-refractivity contribution < 1.29 is 9.84 Å². The van der Waals surface area contributed by atoms with E-state index in [9.17, 15) is 0 Å². The Morgan fingerprint density at radius 1 is 1.35 bits per heavy atom. The first kappa shape index (κ1) is 11.9. The fourth-order valence-corrected chi connectivity index (χ4v) is 1.89.